The van der Waals surface area contributed by atoms with Crippen molar-refractivity contribution in [2.75, 3.05) is 12.4 Å². The summed E-state index contributed by atoms with van der Waals surface area (Å²) >= 11 is 0. The molecular formula is C17H15N3O3. The molecule has 3 N–H and O–H groups in total. The van der Waals surface area contributed by atoms with Crippen LogP contribution < -0.4 is 15.5 Å². The van der Waals surface area contributed by atoms with Crippen molar-refractivity contribution in [1.29, 1.82) is 0 Å². The molecule has 0 aliphatic carbocycles. The van der Waals surface area contributed by atoms with Crippen molar-refractivity contribution < 1.29 is 14.6 Å². The summed E-state index contributed by atoms with van der Waals surface area (Å²) in [7, 11) is 1.59. The van der Waals surface area contributed by atoms with Crippen molar-refractivity contribution >= 4 is 17.3 Å². The van der Waals surface area contributed by atoms with Gasteiger partial charge in [-0.05, 0) is 30.3 Å². The molecule has 2 aromatic rings. The molecule has 2 unspecified atom stereocenters. The lowest BCUT2D eigenvalue weighted by Crippen LogP contribution is -2.52. The van der Waals surface area contributed by atoms with Crippen molar-refractivity contribution in [3.05, 3.63) is 59.7 Å². The normalized spacial score (nSPS) is 24.9. The number of hydrogen-bond acceptors (Lipinski definition) is 5. The zero-order valence-electron chi connectivity index (χ0n) is 12.4. The molecule has 6 nitrogen and oxygen atoms in total. The van der Waals surface area contributed by atoms with Gasteiger partial charge in [0.05, 0.1) is 12.8 Å². The van der Waals surface area contributed by atoms with E-state index in [0.717, 1.165) is 5.56 Å². The number of nitrogens with one attached hydrogen (secondary N) is 2. The lowest BCUT2D eigenvalue weighted by Gasteiger charge is -2.25. The first-order valence-corrected chi connectivity index (χ1v) is 7.25. The van der Waals surface area contributed by atoms with E-state index in [1.807, 2.05) is 24.3 Å². The smallest absolute Gasteiger partial charge is 0.259 e. The fourth-order valence-corrected chi connectivity index (χ4v) is 3.12. The number of para-hydroxylation sites is 1. The summed E-state index contributed by atoms with van der Waals surface area (Å²) in [4.78, 5) is 12.5. The number of fused-ring (bicyclic) bond motifs is 2. The number of rotatable bonds is 2. The van der Waals surface area contributed by atoms with Crippen LogP contribution in [0.2, 0.25) is 0 Å². The third-order valence-electron chi connectivity index (χ3n) is 4.37. The second-order valence-corrected chi connectivity index (χ2v) is 5.55. The van der Waals surface area contributed by atoms with E-state index in [4.69, 9.17) is 4.74 Å². The van der Waals surface area contributed by atoms with Gasteiger partial charge in [-0.2, -0.15) is 5.10 Å². The number of nitrogens with zero attached hydrogens (tertiary/aromatic N) is 1. The lowest BCUT2D eigenvalue weighted by molar-refractivity contribution is -0.124. The molecule has 0 radical (unpaired) electrons. The lowest BCUT2D eigenvalue weighted by atomic mass is 9.83. The van der Waals surface area contributed by atoms with Gasteiger partial charge >= 0.3 is 0 Å². The Balaban J connectivity index is 1.74. The summed E-state index contributed by atoms with van der Waals surface area (Å²) in [6.07, 6.45) is -1.08. The standard InChI is InChI=1S/C17H15N3O3/c1-23-11-8-6-10(7-9-11)14-15(21)17(20-19-14)12-4-2-3-5-13(12)18-16(17)22/h2-9,15,20-21H,1H3,(H,18,22). The maximum Gasteiger partial charge on any atom is 0.259 e. The van der Waals surface area contributed by atoms with Crippen LogP contribution in [-0.4, -0.2) is 29.9 Å². The molecule has 2 atom stereocenters. The number of amides is 1. The number of hydrazone groups is 1. The van der Waals surface area contributed by atoms with E-state index in [9.17, 15) is 9.90 Å². The Kier molecular flexibility index (Phi) is 2.89. The number of methoxy groups -OCH3 is 1. The highest BCUT2D eigenvalue weighted by atomic mass is 16.5. The van der Waals surface area contributed by atoms with E-state index < -0.39 is 11.6 Å². The SMILES string of the molecule is COc1ccc(C2=NNC3(C(=O)Nc4ccccc43)C2O)cc1. The Morgan fingerprint density at radius 2 is 1.91 bits per heavy atom. The second-order valence-electron chi connectivity index (χ2n) is 5.55. The Bertz CT molecular complexity index is 816. The van der Waals surface area contributed by atoms with Crippen LogP contribution in [-0.2, 0) is 10.3 Å². The average molecular weight is 309 g/mol. The largest absolute Gasteiger partial charge is 0.497 e. The Labute approximate surface area is 132 Å². The average Bonchev–Trinajstić information content (AvgIpc) is 3.08. The Hall–Kier alpha value is -2.86. The third-order valence-corrected chi connectivity index (χ3v) is 4.37. The first-order valence-electron chi connectivity index (χ1n) is 7.25. The summed E-state index contributed by atoms with van der Waals surface area (Å²) in [6.45, 7) is 0. The van der Waals surface area contributed by atoms with Crippen LogP contribution in [0, 0.1) is 0 Å². The first-order chi connectivity index (χ1) is 11.2. The Morgan fingerprint density at radius 3 is 2.65 bits per heavy atom. The molecule has 6 heteroatoms. The molecular weight excluding hydrogens is 294 g/mol. The summed E-state index contributed by atoms with van der Waals surface area (Å²) in [5.74, 6) is 0.409. The van der Waals surface area contributed by atoms with E-state index in [-0.39, 0.29) is 5.91 Å². The minimum Gasteiger partial charge on any atom is -0.497 e. The molecule has 2 aliphatic heterocycles. The van der Waals surface area contributed by atoms with Crippen molar-refractivity contribution in [3.8, 4) is 5.75 Å². The number of aliphatic hydroxyl groups excluding tert-OH is 1. The summed E-state index contributed by atoms with van der Waals surface area (Å²) in [5, 5.41) is 17.9. The van der Waals surface area contributed by atoms with Crippen LogP contribution in [0.1, 0.15) is 11.1 Å². The van der Waals surface area contributed by atoms with E-state index in [1.165, 1.54) is 0 Å². The molecule has 2 aromatic carbocycles. The van der Waals surface area contributed by atoms with Gasteiger partial charge in [0, 0.05) is 16.8 Å². The third kappa shape index (κ3) is 1.78. The van der Waals surface area contributed by atoms with Crippen LogP contribution in [0.25, 0.3) is 0 Å². The molecule has 1 spiro atoms. The molecule has 0 fully saturated rings. The molecule has 116 valence electrons. The predicted molar refractivity (Wildman–Crippen MR) is 85.4 cm³/mol. The topological polar surface area (TPSA) is 83.0 Å². The zero-order chi connectivity index (χ0) is 16.0. The molecule has 23 heavy (non-hydrogen) atoms. The molecule has 2 aliphatic rings. The maximum atomic E-state index is 12.5. The number of carbonyl (C=O) groups is 1. The second kappa shape index (κ2) is 4.82. The number of anilines is 1. The highest BCUT2D eigenvalue weighted by molar-refractivity contribution is 6.15. The Morgan fingerprint density at radius 1 is 1.17 bits per heavy atom. The van der Waals surface area contributed by atoms with Gasteiger partial charge in [0.25, 0.3) is 5.91 Å². The van der Waals surface area contributed by atoms with Gasteiger partial charge in [0.15, 0.2) is 5.54 Å². The van der Waals surface area contributed by atoms with Gasteiger partial charge < -0.3 is 15.2 Å². The molecule has 2 heterocycles. The molecule has 1 amide bonds. The predicted octanol–water partition coefficient (Wildman–Crippen LogP) is 1.21. The van der Waals surface area contributed by atoms with Gasteiger partial charge in [0.2, 0.25) is 0 Å². The highest BCUT2D eigenvalue weighted by Gasteiger charge is 2.57. The quantitative estimate of drug-likeness (QED) is 0.779. The van der Waals surface area contributed by atoms with Crippen LogP contribution in [0.3, 0.4) is 0 Å². The zero-order valence-corrected chi connectivity index (χ0v) is 12.4. The van der Waals surface area contributed by atoms with Crippen molar-refractivity contribution in [2.45, 2.75) is 11.6 Å². The highest BCUT2D eigenvalue weighted by Crippen LogP contribution is 2.41. The summed E-state index contributed by atoms with van der Waals surface area (Å²) < 4.78 is 5.13. The van der Waals surface area contributed by atoms with Gasteiger partial charge in [-0.15, -0.1) is 0 Å². The minimum absolute atomic E-state index is 0.307. The van der Waals surface area contributed by atoms with Crippen LogP contribution >= 0.6 is 0 Å². The fourth-order valence-electron chi connectivity index (χ4n) is 3.12. The maximum absolute atomic E-state index is 12.5. The van der Waals surface area contributed by atoms with Crippen LogP contribution in [0.15, 0.2) is 53.6 Å². The number of carbonyl (C=O) groups excluding carboxylic acids is 1. The van der Waals surface area contributed by atoms with Crippen LogP contribution in [0.5, 0.6) is 5.75 Å². The first kappa shape index (κ1) is 13.8. The molecule has 0 aromatic heterocycles. The van der Waals surface area contributed by atoms with E-state index in [0.29, 0.717) is 22.7 Å². The van der Waals surface area contributed by atoms with Gasteiger partial charge in [-0.1, -0.05) is 18.2 Å². The monoisotopic (exact) mass is 309 g/mol. The van der Waals surface area contributed by atoms with Gasteiger partial charge in [-0.3, -0.25) is 10.2 Å². The van der Waals surface area contributed by atoms with E-state index in [2.05, 4.69) is 15.8 Å². The van der Waals surface area contributed by atoms with Gasteiger partial charge in [0.1, 0.15) is 11.9 Å². The minimum atomic E-state index is -1.27. The van der Waals surface area contributed by atoms with Crippen molar-refractivity contribution in [3.63, 3.8) is 0 Å². The molecule has 4 rings (SSSR count). The molecule has 0 bridgehead atoms. The number of hydrogen-bond donors (Lipinski definition) is 3. The van der Waals surface area contributed by atoms with E-state index in [1.54, 1.807) is 31.4 Å². The fraction of sp³-hybridized carbons (Fsp3) is 0.176. The molecule has 0 saturated carbocycles. The van der Waals surface area contributed by atoms with E-state index >= 15 is 0 Å². The van der Waals surface area contributed by atoms with Crippen molar-refractivity contribution in [2.24, 2.45) is 5.10 Å². The number of ether oxygens (including phenoxy) is 1. The molecule has 0 saturated heterocycles. The summed E-state index contributed by atoms with van der Waals surface area (Å²) in [6, 6.07) is 14.5. The number of aliphatic hydroxyl groups is 1. The summed E-state index contributed by atoms with van der Waals surface area (Å²) in [5.41, 5.74) is 4.14. The van der Waals surface area contributed by atoms with Gasteiger partial charge in [-0.25, -0.2) is 0 Å². The van der Waals surface area contributed by atoms with Crippen LogP contribution in [0.4, 0.5) is 5.69 Å². The van der Waals surface area contributed by atoms with Crippen molar-refractivity contribution in [1.82, 2.24) is 5.43 Å². The number of benzene rings is 2.